The number of carbonyl (C=O) groups excluding carboxylic acids is 3. The highest BCUT2D eigenvalue weighted by Crippen LogP contribution is 2.34. The Labute approximate surface area is 151 Å². The highest BCUT2D eigenvalue weighted by Gasteiger charge is 2.21. The fraction of sp³-hybridized carbons (Fsp3) is 0.471. The molecular weight excluding hydrogens is 344 g/mol. The second kappa shape index (κ2) is 10.1. The minimum Gasteiger partial charge on any atom is -0.496 e. The first-order valence-electron chi connectivity index (χ1n) is 7.92. The maximum Gasteiger partial charge on any atom is 0.342 e. The molecule has 144 valence electrons. The molecule has 0 aliphatic carbocycles. The van der Waals surface area contributed by atoms with E-state index in [1.54, 1.807) is 6.92 Å². The molecule has 0 aromatic heterocycles. The topological polar surface area (TPSA) is 112 Å². The number of nitrogens with one attached hydrogen (secondary N) is 2. The largest absolute Gasteiger partial charge is 0.496 e. The molecule has 0 saturated heterocycles. The lowest BCUT2D eigenvalue weighted by atomic mass is 10.1. The fourth-order valence-corrected chi connectivity index (χ4v) is 2.07. The van der Waals surface area contributed by atoms with Crippen molar-refractivity contribution in [1.29, 1.82) is 0 Å². The Morgan fingerprint density at radius 2 is 1.58 bits per heavy atom. The molecule has 0 aliphatic heterocycles. The highest BCUT2D eigenvalue weighted by molar-refractivity contribution is 5.95. The number of ether oxygens (including phenoxy) is 4. The van der Waals surface area contributed by atoms with Crippen molar-refractivity contribution in [3.05, 3.63) is 17.7 Å². The maximum absolute atomic E-state index is 12.3. The van der Waals surface area contributed by atoms with E-state index in [1.165, 1.54) is 40.4 Å². The number of benzene rings is 1. The summed E-state index contributed by atoms with van der Waals surface area (Å²) in [4.78, 5) is 35.7. The van der Waals surface area contributed by atoms with Crippen molar-refractivity contribution in [3.8, 4) is 17.2 Å². The molecule has 9 heteroatoms. The zero-order chi connectivity index (χ0) is 19.7. The van der Waals surface area contributed by atoms with Crippen molar-refractivity contribution < 1.29 is 33.3 Å². The predicted octanol–water partition coefficient (Wildman–Crippen LogP) is 0.510. The molecule has 0 bridgehead atoms. The van der Waals surface area contributed by atoms with Gasteiger partial charge in [0.05, 0.1) is 21.3 Å². The van der Waals surface area contributed by atoms with Crippen molar-refractivity contribution in [2.45, 2.75) is 19.9 Å². The van der Waals surface area contributed by atoms with Crippen LogP contribution >= 0.6 is 0 Å². The van der Waals surface area contributed by atoms with Crippen molar-refractivity contribution in [3.63, 3.8) is 0 Å². The molecule has 2 N–H and O–H groups in total. The molecular formula is C17H24N2O7. The number of methoxy groups -OCH3 is 3. The fourth-order valence-electron chi connectivity index (χ4n) is 2.07. The average Bonchev–Trinajstić information content (AvgIpc) is 2.64. The van der Waals surface area contributed by atoms with E-state index in [2.05, 4.69) is 10.6 Å². The predicted molar refractivity (Wildman–Crippen MR) is 92.7 cm³/mol. The van der Waals surface area contributed by atoms with Crippen molar-refractivity contribution in [2.24, 2.45) is 0 Å². The standard InChI is InChI=1S/C17H24N2O7/c1-6-18-16(21)10(2)19-15(20)9-26-17(22)11-7-13(24-4)14(25-5)8-12(11)23-3/h7-8,10H,6,9H2,1-5H3,(H,18,21)(H,19,20)/t10-/m0/s1. The molecule has 0 unspecified atom stereocenters. The summed E-state index contributed by atoms with van der Waals surface area (Å²) >= 11 is 0. The van der Waals surface area contributed by atoms with Gasteiger partial charge in [-0.3, -0.25) is 9.59 Å². The summed E-state index contributed by atoms with van der Waals surface area (Å²) in [6, 6.07) is 2.14. The van der Waals surface area contributed by atoms with E-state index in [4.69, 9.17) is 18.9 Å². The number of amides is 2. The molecule has 1 atom stereocenters. The molecule has 9 nitrogen and oxygen atoms in total. The Bertz CT molecular complexity index is 661. The van der Waals surface area contributed by atoms with Gasteiger partial charge in [-0.15, -0.1) is 0 Å². The van der Waals surface area contributed by atoms with Crippen LogP contribution in [0.1, 0.15) is 24.2 Å². The maximum atomic E-state index is 12.3. The van der Waals surface area contributed by atoms with Crippen molar-refractivity contribution in [1.82, 2.24) is 10.6 Å². The molecule has 1 aromatic carbocycles. The highest BCUT2D eigenvalue weighted by atomic mass is 16.5. The monoisotopic (exact) mass is 368 g/mol. The summed E-state index contributed by atoms with van der Waals surface area (Å²) in [6.45, 7) is 3.21. The van der Waals surface area contributed by atoms with E-state index in [0.29, 0.717) is 18.0 Å². The van der Waals surface area contributed by atoms with Crippen LogP contribution in [0.2, 0.25) is 0 Å². The molecule has 0 saturated carbocycles. The molecule has 26 heavy (non-hydrogen) atoms. The normalized spacial score (nSPS) is 11.1. The van der Waals surface area contributed by atoms with Gasteiger partial charge in [-0.05, 0) is 13.8 Å². The van der Waals surface area contributed by atoms with Gasteiger partial charge in [-0.1, -0.05) is 0 Å². The summed E-state index contributed by atoms with van der Waals surface area (Å²) in [6.07, 6.45) is 0. The second-order valence-electron chi connectivity index (χ2n) is 5.17. The van der Waals surface area contributed by atoms with Crippen LogP contribution in [0.3, 0.4) is 0 Å². The molecule has 1 rings (SSSR count). The summed E-state index contributed by atoms with van der Waals surface area (Å²) in [5.41, 5.74) is 0.0784. The van der Waals surface area contributed by atoms with Crippen LogP contribution in [0.5, 0.6) is 17.2 Å². The Kier molecular flexibility index (Phi) is 8.20. The number of carbonyl (C=O) groups is 3. The first-order valence-corrected chi connectivity index (χ1v) is 7.92. The molecule has 1 aromatic rings. The Balaban J connectivity index is 2.76. The van der Waals surface area contributed by atoms with Gasteiger partial charge in [0.2, 0.25) is 5.91 Å². The molecule has 0 radical (unpaired) electrons. The summed E-state index contributed by atoms with van der Waals surface area (Å²) < 4.78 is 20.4. The number of likely N-dealkylation sites (N-methyl/N-ethyl adjacent to an activating group) is 1. The third-order valence-corrected chi connectivity index (χ3v) is 3.38. The van der Waals surface area contributed by atoms with Gasteiger partial charge in [0.25, 0.3) is 5.91 Å². The minimum absolute atomic E-state index is 0.0784. The number of hydrogen-bond acceptors (Lipinski definition) is 7. The molecule has 0 fully saturated rings. The van der Waals surface area contributed by atoms with E-state index < -0.39 is 24.5 Å². The van der Waals surface area contributed by atoms with E-state index in [-0.39, 0.29) is 17.2 Å². The van der Waals surface area contributed by atoms with Crippen LogP contribution < -0.4 is 24.8 Å². The molecule has 2 amide bonds. The summed E-state index contributed by atoms with van der Waals surface area (Å²) in [5, 5.41) is 5.01. The lowest BCUT2D eigenvalue weighted by molar-refractivity contribution is -0.130. The molecule has 0 aliphatic rings. The number of rotatable bonds is 9. The van der Waals surface area contributed by atoms with Gasteiger partial charge in [-0.2, -0.15) is 0 Å². The Hall–Kier alpha value is -2.97. The second-order valence-corrected chi connectivity index (χ2v) is 5.17. The number of esters is 1. The van der Waals surface area contributed by atoms with Crippen LogP contribution in [0.25, 0.3) is 0 Å². The van der Waals surface area contributed by atoms with Gasteiger partial charge in [-0.25, -0.2) is 4.79 Å². The van der Waals surface area contributed by atoms with Gasteiger partial charge in [0.15, 0.2) is 18.1 Å². The molecule has 0 heterocycles. The van der Waals surface area contributed by atoms with E-state index in [0.717, 1.165) is 0 Å². The van der Waals surface area contributed by atoms with Crippen LogP contribution in [-0.4, -0.2) is 58.3 Å². The quantitative estimate of drug-likeness (QED) is 0.611. The van der Waals surface area contributed by atoms with Crippen LogP contribution in [-0.2, 0) is 14.3 Å². The number of hydrogen-bond donors (Lipinski definition) is 2. The average molecular weight is 368 g/mol. The smallest absolute Gasteiger partial charge is 0.342 e. The Morgan fingerprint density at radius 3 is 2.12 bits per heavy atom. The van der Waals surface area contributed by atoms with Gasteiger partial charge in [0.1, 0.15) is 17.4 Å². The van der Waals surface area contributed by atoms with E-state index in [1.807, 2.05) is 0 Å². The van der Waals surface area contributed by atoms with Crippen LogP contribution in [0.15, 0.2) is 12.1 Å². The Morgan fingerprint density at radius 1 is 1.00 bits per heavy atom. The summed E-state index contributed by atoms with van der Waals surface area (Å²) in [7, 11) is 4.27. The first-order chi connectivity index (χ1) is 12.4. The van der Waals surface area contributed by atoms with Gasteiger partial charge >= 0.3 is 5.97 Å². The van der Waals surface area contributed by atoms with Crippen molar-refractivity contribution in [2.75, 3.05) is 34.5 Å². The zero-order valence-electron chi connectivity index (χ0n) is 15.5. The van der Waals surface area contributed by atoms with E-state index in [9.17, 15) is 14.4 Å². The summed E-state index contributed by atoms with van der Waals surface area (Å²) in [5.74, 6) is -0.790. The van der Waals surface area contributed by atoms with Gasteiger partial charge in [0, 0.05) is 18.7 Å². The van der Waals surface area contributed by atoms with Crippen LogP contribution in [0, 0.1) is 0 Å². The lowest BCUT2D eigenvalue weighted by Crippen LogP contribution is -2.46. The third kappa shape index (κ3) is 5.54. The zero-order valence-corrected chi connectivity index (χ0v) is 15.5. The third-order valence-electron chi connectivity index (χ3n) is 3.38. The van der Waals surface area contributed by atoms with Crippen molar-refractivity contribution >= 4 is 17.8 Å². The van der Waals surface area contributed by atoms with Gasteiger partial charge < -0.3 is 29.6 Å². The van der Waals surface area contributed by atoms with Crippen LogP contribution in [0.4, 0.5) is 0 Å². The SMILES string of the molecule is CCNC(=O)[C@H](C)NC(=O)COC(=O)c1cc(OC)c(OC)cc1OC. The first kappa shape index (κ1) is 21.1. The van der Waals surface area contributed by atoms with E-state index >= 15 is 0 Å². The minimum atomic E-state index is -0.774. The lowest BCUT2D eigenvalue weighted by Gasteiger charge is -2.15. The molecule has 0 spiro atoms.